The topological polar surface area (TPSA) is 59.0 Å². The molecule has 1 aromatic rings. The van der Waals surface area contributed by atoms with E-state index in [-0.39, 0.29) is 11.9 Å². The molecule has 2 heterocycles. The number of carbonyl (C=O) groups excluding carboxylic acids is 1. The highest BCUT2D eigenvalue weighted by Crippen LogP contribution is 2.15. The number of nitrogens with zero attached hydrogens (tertiary/aromatic N) is 2. The van der Waals surface area contributed by atoms with Crippen LogP contribution in [0.5, 0.6) is 0 Å². The van der Waals surface area contributed by atoms with E-state index in [9.17, 15) is 4.79 Å². The van der Waals surface area contributed by atoms with Crippen molar-refractivity contribution < 1.29 is 4.79 Å². The molecule has 1 aliphatic heterocycles. The van der Waals surface area contributed by atoms with Gasteiger partial charge >= 0.3 is 0 Å². The molecule has 0 radical (unpaired) electrons. The van der Waals surface area contributed by atoms with E-state index in [1.807, 2.05) is 16.9 Å². The van der Waals surface area contributed by atoms with E-state index in [0.717, 1.165) is 25.9 Å². The summed E-state index contributed by atoms with van der Waals surface area (Å²) in [6.45, 7) is 4.43. The molecule has 1 fully saturated rings. The number of hydrogen-bond acceptors (Lipinski definition) is 3. The van der Waals surface area contributed by atoms with Gasteiger partial charge in [-0.3, -0.25) is 9.48 Å². The maximum absolute atomic E-state index is 11.9. The number of aromatic nitrogens is 2. The fourth-order valence-electron chi connectivity index (χ4n) is 2.24. The molecule has 17 heavy (non-hydrogen) atoms. The highest BCUT2D eigenvalue weighted by Gasteiger charge is 2.26. The number of piperidine rings is 1. The van der Waals surface area contributed by atoms with Gasteiger partial charge in [0, 0.05) is 18.9 Å². The first-order valence-electron chi connectivity index (χ1n) is 6.26. The van der Waals surface area contributed by atoms with Crippen LogP contribution >= 0.6 is 0 Å². The van der Waals surface area contributed by atoms with E-state index in [2.05, 4.69) is 22.7 Å². The minimum absolute atomic E-state index is 0.0265. The molecule has 0 aromatic carbocycles. The van der Waals surface area contributed by atoms with Gasteiger partial charge in [0.05, 0.1) is 12.6 Å². The average Bonchev–Trinajstić information content (AvgIpc) is 2.82. The van der Waals surface area contributed by atoms with Crippen LogP contribution in [0.25, 0.3) is 0 Å². The van der Waals surface area contributed by atoms with E-state index in [0.29, 0.717) is 12.5 Å². The Morgan fingerprint density at radius 3 is 3.24 bits per heavy atom. The highest BCUT2D eigenvalue weighted by molar-refractivity contribution is 5.82. The lowest BCUT2D eigenvalue weighted by molar-refractivity contribution is -0.124. The van der Waals surface area contributed by atoms with Gasteiger partial charge < -0.3 is 10.6 Å². The molecule has 1 aliphatic rings. The second kappa shape index (κ2) is 5.82. The normalized spacial score (nSPS) is 24.5. The van der Waals surface area contributed by atoms with Crippen molar-refractivity contribution in [2.75, 3.05) is 13.1 Å². The van der Waals surface area contributed by atoms with Crippen molar-refractivity contribution in [1.82, 2.24) is 20.4 Å². The van der Waals surface area contributed by atoms with E-state index in [4.69, 9.17) is 0 Å². The molecule has 1 aromatic heterocycles. The third kappa shape index (κ3) is 3.30. The second-order valence-electron chi connectivity index (χ2n) is 4.61. The first-order chi connectivity index (χ1) is 8.27. The largest absolute Gasteiger partial charge is 0.353 e. The van der Waals surface area contributed by atoms with Crippen molar-refractivity contribution in [1.29, 1.82) is 0 Å². The molecule has 2 N–H and O–H groups in total. The maximum Gasteiger partial charge on any atom is 0.237 e. The predicted octanol–water partition coefficient (Wildman–Crippen LogP) is 0.387. The minimum atomic E-state index is -0.0265. The van der Waals surface area contributed by atoms with Crippen LogP contribution < -0.4 is 10.6 Å². The molecule has 2 atom stereocenters. The van der Waals surface area contributed by atoms with Gasteiger partial charge in [-0.2, -0.15) is 5.10 Å². The maximum atomic E-state index is 11.9. The van der Waals surface area contributed by atoms with Crippen LogP contribution in [0.2, 0.25) is 0 Å². The molecule has 1 amide bonds. The van der Waals surface area contributed by atoms with Gasteiger partial charge in [-0.05, 0) is 31.4 Å². The minimum Gasteiger partial charge on any atom is -0.353 e. The zero-order valence-electron chi connectivity index (χ0n) is 10.2. The standard InChI is InChI=1S/C12H20N4O/c1-10-4-2-5-13-11(10)12(17)14-7-9-16-8-3-6-15-16/h3,6,8,10-11,13H,2,4-5,7,9H2,1H3,(H,14,17). The van der Waals surface area contributed by atoms with Crippen LogP contribution in [-0.4, -0.2) is 34.8 Å². The lowest BCUT2D eigenvalue weighted by Crippen LogP contribution is -2.51. The third-order valence-corrected chi connectivity index (χ3v) is 3.25. The van der Waals surface area contributed by atoms with Gasteiger partial charge in [0.1, 0.15) is 0 Å². The summed E-state index contributed by atoms with van der Waals surface area (Å²) in [5.74, 6) is 0.540. The van der Waals surface area contributed by atoms with Crippen LogP contribution in [0.1, 0.15) is 19.8 Å². The van der Waals surface area contributed by atoms with E-state index >= 15 is 0 Å². The van der Waals surface area contributed by atoms with E-state index < -0.39 is 0 Å². The second-order valence-corrected chi connectivity index (χ2v) is 4.61. The number of rotatable bonds is 4. The van der Waals surface area contributed by atoms with Gasteiger partial charge in [-0.25, -0.2) is 0 Å². The van der Waals surface area contributed by atoms with E-state index in [1.54, 1.807) is 6.20 Å². The summed E-state index contributed by atoms with van der Waals surface area (Å²) >= 11 is 0. The van der Waals surface area contributed by atoms with E-state index in [1.165, 1.54) is 0 Å². The molecule has 2 unspecified atom stereocenters. The number of carbonyl (C=O) groups is 1. The quantitative estimate of drug-likeness (QED) is 0.795. The average molecular weight is 236 g/mol. The monoisotopic (exact) mass is 236 g/mol. The first kappa shape index (κ1) is 12.1. The molecule has 5 heteroatoms. The summed E-state index contributed by atoms with van der Waals surface area (Å²) in [6, 6.07) is 1.86. The SMILES string of the molecule is CC1CCCNC1C(=O)NCCn1cccn1. The van der Waals surface area contributed by atoms with Crippen LogP contribution in [0.3, 0.4) is 0 Å². The summed E-state index contributed by atoms with van der Waals surface area (Å²) in [5, 5.41) is 10.3. The van der Waals surface area contributed by atoms with Crippen molar-refractivity contribution in [2.24, 2.45) is 5.92 Å². The Morgan fingerprint density at radius 1 is 1.65 bits per heavy atom. The van der Waals surface area contributed by atoms with Crippen molar-refractivity contribution in [3.8, 4) is 0 Å². The molecule has 0 aliphatic carbocycles. The van der Waals surface area contributed by atoms with Crippen molar-refractivity contribution >= 4 is 5.91 Å². The fourth-order valence-corrected chi connectivity index (χ4v) is 2.24. The lowest BCUT2D eigenvalue weighted by Gasteiger charge is -2.28. The summed E-state index contributed by atoms with van der Waals surface area (Å²) < 4.78 is 1.82. The summed E-state index contributed by atoms with van der Waals surface area (Å²) in [7, 11) is 0. The molecule has 1 saturated heterocycles. The van der Waals surface area contributed by atoms with Crippen molar-refractivity contribution in [2.45, 2.75) is 32.4 Å². The summed E-state index contributed by atoms with van der Waals surface area (Å²) in [5.41, 5.74) is 0. The fraction of sp³-hybridized carbons (Fsp3) is 0.667. The Balaban J connectivity index is 1.73. The molecule has 0 bridgehead atoms. The van der Waals surface area contributed by atoms with Crippen molar-refractivity contribution in [3.63, 3.8) is 0 Å². The summed E-state index contributed by atoms with van der Waals surface area (Å²) in [6.07, 6.45) is 5.93. The molecular weight excluding hydrogens is 216 g/mol. The molecule has 2 rings (SSSR count). The van der Waals surface area contributed by atoms with Crippen LogP contribution in [0.4, 0.5) is 0 Å². The van der Waals surface area contributed by atoms with Gasteiger partial charge in [0.2, 0.25) is 5.91 Å². The van der Waals surface area contributed by atoms with Gasteiger partial charge in [-0.15, -0.1) is 0 Å². The molecule has 0 spiro atoms. The zero-order valence-corrected chi connectivity index (χ0v) is 10.2. The Morgan fingerprint density at radius 2 is 2.53 bits per heavy atom. The smallest absolute Gasteiger partial charge is 0.237 e. The Kier molecular flexibility index (Phi) is 4.14. The molecule has 0 saturated carbocycles. The van der Waals surface area contributed by atoms with Gasteiger partial charge in [0.15, 0.2) is 0 Å². The van der Waals surface area contributed by atoms with Crippen LogP contribution in [-0.2, 0) is 11.3 Å². The zero-order chi connectivity index (χ0) is 12.1. The highest BCUT2D eigenvalue weighted by atomic mass is 16.2. The molecule has 5 nitrogen and oxygen atoms in total. The van der Waals surface area contributed by atoms with Gasteiger partial charge in [-0.1, -0.05) is 6.92 Å². The Labute approximate surface area is 102 Å². The number of nitrogens with one attached hydrogen (secondary N) is 2. The van der Waals surface area contributed by atoms with Crippen LogP contribution in [0, 0.1) is 5.92 Å². The third-order valence-electron chi connectivity index (χ3n) is 3.25. The number of amides is 1. The molecule has 94 valence electrons. The Hall–Kier alpha value is -1.36. The summed E-state index contributed by atoms with van der Waals surface area (Å²) in [4.78, 5) is 11.9. The van der Waals surface area contributed by atoms with Crippen LogP contribution in [0.15, 0.2) is 18.5 Å². The first-order valence-corrected chi connectivity index (χ1v) is 6.26. The lowest BCUT2D eigenvalue weighted by atomic mass is 9.92. The van der Waals surface area contributed by atoms with Gasteiger partial charge in [0.25, 0.3) is 0 Å². The van der Waals surface area contributed by atoms with Crippen molar-refractivity contribution in [3.05, 3.63) is 18.5 Å². The number of hydrogen-bond donors (Lipinski definition) is 2. The molecular formula is C12H20N4O. The predicted molar refractivity (Wildman–Crippen MR) is 65.4 cm³/mol. The Bertz CT molecular complexity index is 349.